The van der Waals surface area contributed by atoms with Crippen molar-refractivity contribution in [1.29, 1.82) is 0 Å². The van der Waals surface area contributed by atoms with Gasteiger partial charge in [0.2, 0.25) is 6.41 Å². The van der Waals surface area contributed by atoms with Gasteiger partial charge in [0.25, 0.3) is 0 Å². The first-order valence-electron chi connectivity index (χ1n) is 5.29. The SMILES string of the molecule is COc1cccc(N(C=O)c2ccccc2)c1. The van der Waals surface area contributed by atoms with Gasteiger partial charge in [-0.15, -0.1) is 0 Å². The number of methoxy groups -OCH3 is 1. The molecule has 0 saturated heterocycles. The Labute approximate surface area is 100 Å². The second-order valence-corrected chi connectivity index (χ2v) is 3.51. The second-order valence-electron chi connectivity index (χ2n) is 3.51. The van der Waals surface area contributed by atoms with Crippen LogP contribution < -0.4 is 9.64 Å². The molecule has 0 spiro atoms. The fraction of sp³-hybridized carbons (Fsp3) is 0.0714. The van der Waals surface area contributed by atoms with Crippen LogP contribution in [0.4, 0.5) is 11.4 Å². The first-order valence-corrected chi connectivity index (χ1v) is 5.29. The van der Waals surface area contributed by atoms with Crippen molar-refractivity contribution in [2.24, 2.45) is 0 Å². The minimum absolute atomic E-state index is 0.727. The maximum Gasteiger partial charge on any atom is 0.218 e. The van der Waals surface area contributed by atoms with Gasteiger partial charge in [-0.25, -0.2) is 0 Å². The zero-order chi connectivity index (χ0) is 12.1. The summed E-state index contributed by atoms with van der Waals surface area (Å²) in [6, 6.07) is 16.9. The van der Waals surface area contributed by atoms with Crippen molar-refractivity contribution in [2.75, 3.05) is 12.0 Å². The topological polar surface area (TPSA) is 29.5 Å². The van der Waals surface area contributed by atoms with Crippen LogP contribution in [-0.4, -0.2) is 13.5 Å². The summed E-state index contributed by atoms with van der Waals surface area (Å²) >= 11 is 0. The van der Waals surface area contributed by atoms with Gasteiger partial charge in [-0.3, -0.25) is 9.69 Å². The van der Waals surface area contributed by atoms with Crippen LogP contribution in [0, 0.1) is 0 Å². The summed E-state index contributed by atoms with van der Waals surface area (Å²) < 4.78 is 5.14. The smallest absolute Gasteiger partial charge is 0.218 e. The number of hydrogen-bond acceptors (Lipinski definition) is 2. The van der Waals surface area contributed by atoms with Crippen LogP contribution >= 0.6 is 0 Å². The zero-order valence-electron chi connectivity index (χ0n) is 9.54. The molecule has 0 heterocycles. The average molecular weight is 227 g/mol. The van der Waals surface area contributed by atoms with Crippen LogP contribution in [0.15, 0.2) is 54.6 Å². The van der Waals surface area contributed by atoms with Crippen LogP contribution in [0.25, 0.3) is 0 Å². The highest BCUT2D eigenvalue weighted by molar-refractivity contribution is 5.86. The fourth-order valence-electron chi connectivity index (χ4n) is 1.62. The van der Waals surface area contributed by atoms with Crippen LogP contribution in [-0.2, 0) is 4.79 Å². The molecule has 0 aliphatic rings. The molecule has 0 N–H and O–H groups in total. The summed E-state index contributed by atoms with van der Waals surface area (Å²) in [5.41, 5.74) is 1.61. The van der Waals surface area contributed by atoms with Crippen molar-refractivity contribution < 1.29 is 9.53 Å². The number of rotatable bonds is 4. The van der Waals surface area contributed by atoms with Crippen LogP contribution in [0.3, 0.4) is 0 Å². The van der Waals surface area contributed by atoms with Gasteiger partial charge in [-0.1, -0.05) is 24.3 Å². The molecule has 3 heteroatoms. The first-order chi connectivity index (χ1) is 8.35. The van der Waals surface area contributed by atoms with Crippen LogP contribution in [0.5, 0.6) is 5.75 Å². The Balaban J connectivity index is 2.38. The molecule has 3 nitrogen and oxygen atoms in total. The molecular weight excluding hydrogens is 214 g/mol. The van der Waals surface area contributed by atoms with Crippen LogP contribution in [0.1, 0.15) is 0 Å². The third-order valence-electron chi connectivity index (χ3n) is 2.47. The summed E-state index contributed by atoms with van der Waals surface area (Å²) in [4.78, 5) is 12.8. The molecule has 0 saturated carbocycles. The van der Waals surface area contributed by atoms with E-state index in [-0.39, 0.29) is 0 Å². The lowest BCUT2D eigenvalue weighted by molar-refractivity contribution is -0.106. The summed E-state index contributed by atoms with van der Waals surface area (Å²) in [7, 11) is 1.60. The number of carbonyl (C=O) groups excluding carboxylic acids is 1. The minimum atomic E-state index is 0.727. The van der Waals surface area contributed by atoms with Crippen molar-refractivity contribution in [3.8, 4) is 5.75 Å². The normalized spacial score (nSPS) is 9.71. The largest absolute Gasteiger partial charge is 0.497 e. The molecule has 0 fully saturated rings. The quantitative estimate of drug-likeness (QED) is 0.751. The highest BCUT2D eigenvalue weighted by atomic mass is 16.5. The second kappa shape index (κ2) is 5.16. The lowest BCUT2D eigenvalue weighted by atomic mass is 10.2. The molecule has 0 aliphatic carbocycles. The first kappa shape index (κ1) is 11.2. The maximum atomic E-state index is 11.2. The highest BCUT2D eigenvalue weighted by Crippen LogP contribution is 2.26. The molecule has 0 radical (unpaired) electrons. The standard InChI is InChI=1S/C14H13NO2/c1-17-14-9-5-8-13(10-14)15(11-16)12-6-3-2-4-7-12/h2-11H,1H3. The van der Waals surface area contributed by atoms with Gasteiger partial charge in [0.15, 0.2) is 0 Å². The predicted molar refractivity (Wildman–Crippen MR) is 67.6 cm³/mol. The summed E-state index contributed by atoms with van der Waals surface area (Å²) in [6.07, 6.45) is 0.796. The van der Waals surface area contributed by atoms with E-state index in [2.05, 4.69) is 0 Å². The fourth-order valence-corrected chi connectivity index (χ4v) is 1.62. The molecule has 86 valence electrons. The molecule has 0 aliphatic heterocycles. The number of carbonyl (C=O) groups is 1. The lowest BCUT2D eigenvalue weighted by Crippen LogP contribution is -2.13. The Morgan fingerprint density at radius 2 is 1.71 bits per heavy atom. The van der Waals surface area contributed by atoms with Gasteiger partial charge in [-0.05, 0) is 24.3 Å². The Morgan fingerprint density at radius 1 is 1.00 bits per heavy atom. The van der Waals surface area contributed by atoms with Crippen molar-refractivity contribution in [3.05, 3.63) is 54.6 Å². The van der Waals surface area contributed by atoms with E-state index < -0.39 is 0 Å². The minimum Gasteiger partial charge on any atom is -0.497 e. The van der Waals surface area contributed by atoms with E-state index in [4.69, 9.17) is 4.74 Å². The van der Waals surface area contributed by atoms with Gasteiger partial charge >= 0.3 is 0 Å². The van der Waals surface area contributed by atoms with E-state index in [0.29, 0.717) is 0 Å². The average Bonchev–Trinajstić information content (AvgIpc) is 2.41. The number of ether oxygens (including phenoxy) is 1. The van der Waals surface area contributed by atoms with Crippen molar-refractivity contribution in [1.82, 2.24) is 0 Å². The summed E-state index contributed by atoms with van der Waals surface area (Å²) in [5, 5.41) is 0. The lowest BCUT2D eigenvalue weighted by Gasteiger charge is -2.17. The molecule has 17 heavy (non-hydrogen) atoms. The van der Waals surface area contributed by atoms with Crippen molar-refractivity contribution in [3.63, 3.8) is 0 Å². The molecule has 1 amide bonds. The molecule has 2 aromatic carbocycles. The van der Waals surface area contributed by atoms with E-state index in [1.54, 1.807) is 12.0 Å². The Morgan fingerprint density at radius 3 is 2.35 bits per heavy atom. The highest BCUT2D eigenvalue weighted by Gasteiger charge is 2.07. The summed E-state index contributed by atoms with van der Waals surface area (Å²) in [6.45, 7) is 0. The van der Waals surface area contributed by atoms with Crippen molar-refractivity contribution >= 4 is 17.8 Å². The number of benzene rings is 2. The van der Waals surface area contributed by atoms with Gasteiger partial charge in [0.1, 0.15) is 5.75 Å². The Kier molecular flexibility index (Phi) is 3.40. The zero-order valence-corrected chi connectivity index (χ0v) is 9.54. The number of para-hydroxylation sites is 1. The molecule has 0 bridgehead atoms. The third kappa shape index (κ3) is 2.45. The van der Waals surface area contributed by atoms with E-state index in [1.165, 1.54) is 0 Å². The van der Waals surface area contributed by atoms with E-state index >= 15 is 0 Å². The number of anilines is 2. The predicted octanol–water partition coefficient (Wildman–Crippen LogP) is 2.99. The van der Waals surface area contributed by atoms with Gasteiger partial charge in [-0.2, -0.15) is 0 Å². The number of hydrogen-bond donors (Lipinski definition) is 0. The van der Waals surface area contributed by atoms with E-state index in [1.807, 2.05) is 54.6 Å². The van der Waals surface area contributed by atoms with Crippen LogP contribution in [0.2, 0.25) is 0 Å². The van der Waals surface area contributed by atoms with Crippen molar-refractivity contribution in [2.45, 2.75) is 0 Å². The molecule has 0 unspecified atom stereocenters. The number of amides is 1. The van der Waals surface area contributed by atoms with E-state index in [9.17, 15) is 4.79 Å². The third-order valence-corrected chi connectivity index (χ3v) is 2.47. The van der Waals surface area contributed by atoms with Gasteiger partial charge in [0.05, 0.1) is 12.8 Å². The van der Waals surface area contributed by atoms with Gasteiger partial charge < -0.3 is 4.74 Å². The summed E-state index contributed by atoms with van der Waals surface area (Å²) in [5.74, 6) is 0.727. The Hall–Kier alpha value is -2.29. The maximum absolute atomic E-state index is 11.2. The number of nitrogens with zero attached hydrogens (tertiary/aromatic N) is 1. The molecule has 0 atom stereocenters. The van der Waals surface area contributed by atoms with Gasteiger partial charge in [0, 0.05) is 11.8 Å². The molecular formula is C14H13NO2. The Bertz CT molecular complexity index is 497. The molecule has 0 aromatic heterocycles. The van der Waals surface area contributed by atoms with E-state index in [0.717, 1.165) is 23.5 Å². The molecule has 2 rings (SSSR count). The monoisotopic (exact) mass is 227 g/mol. The molecule has 2 aromatic rings.